The summed E-state index contributed by atoms with van der Waals surface area (Å²) in [6.45, 7) is 2.95. The van der Waals surface area contributed by atoms with Crippen molar-refractivity contribution in [1.82, 2.24) is 35.4 Å². The normalized spacial score (nSPS) is 29.0. The number of nitrogens with zero attached hydrogens (tertiary/aromatic N) is 6. The van der Waals surface area contributed by atoms with Crippen molar-refractivity contribution in [3.8, 4) is 17.3 Å². The van der Waals surface area contributed by atoms with Gasteiger partial charge < -0.3 is 19.7 Å². The van der Waals surface area contributed by atoms with Crippen LogP contribution >= 0.6 is 11.6 Å². The predicted molar refractivity (Wildman–Crippen MR) is 171 cm³/mol. The van der Waals surface area contributed by atoms with Gasteiger partial charge in [0.1, 0.15) is 29.8 Å². The number of carbonyl (C=O) groups excluding carboxylic acids is 1. The number of anilines is 1. The number of alkyl carbamates (subject to hydrolysis) is 1. The smallest absolute Gasteiger partial charge is 0.407 e. The van der Waals surface area contributed by atoms with Gasteiger partial charge in [0, 0.05) is 60.7 Å². The van der Waals surface area contributed by atoms with Gasteiger partial charge in [-0.1, -0.05) is 11.6 Å². The van der Waals surface area contributed by atoms with E-state index in [0.29, 0.717) is 57.8 Å². The Balaban J connectivity index is 1.20. The molecule has 1 aromatic carbocycles. The Labute approximate surface area is 274 Å². The number of ether oxygens (including phenoxy) is 2. The summed E-state index contributed by atoms with van der Waals surface area (Å²) in [5, 5.41) is 11.6. The highest BCUT2D eigenvalue weighted by atomic mass is 35.5. The van der Waals surface area contributed by atoms with Gasteiger partial charge in [0.2, 0.25) is 0 Å². The molecule has 3 saturated heterocycles. The molecule has 1 spiro atoms. The summed E-state index contributed by atoms with van der Waals surface area (Å²) < 4.78 is 43.5. The van der Waals surface area contributed by atoms with Crippen LogP contribution in [-0.2, 0) is 11.2 Å². The molecule has 9 heterocycles. The van der Waals surface area contributed by atoms with E-state index in [9.17, 15) is 9.18 Å². The molecule has 0 unspecified atom stereocenters. The number of nitrogens with one attached hydrogen (secondary N) is 2. The number of pyridine rings is 1. The minimum Gasteiger partial charge on any atom is -0.461 e. The highest BCUT2D eigenvalue weighted by molar-refractivity contribution is 6.33. The van der Waals surface area contributed by atoms with Crippen molar-refractivity contribution >= 4 is 45.3 Å². The number of carbonyl (C=O) groups is 1. The van der Waals surface area contributed by atoms with Crippen molar-refractivity contribution in [2.75, 3.05) is 44.3 Å². The van der Waals surface area contributed by atoms with Crippen molar-refractivity contribution in [2.24, 2.45) is 5.41 Å². The van der Waals surface area contributed by atoms with Crippen LogP contribution < -0.4 is 15.0 Å². The summed E-state index contributed by atoms with van der Waals surface area (Å²) in [6, 6.07) is 1.81. The van der Waals surface area contributed by atoms with Crippen LogP contribution in [0.5, 0.6) is 6.01 Å². The highest BCUT2D eigenvalue weighted by Gasteiger charge is 2.50. The van der Waals surface area contributed by atoms with E-state index in [1.165, 1.54) is 0 Å². The first-order valence-electron chi connectivity index (χ1n) is 16.5. The molecule has 4 fully saturated rings. The summed E-state index contributed by atoms with van der Waals surface area (Å²) in [5.74, 6) is -0.0664. The molecule has 1 aliphatic carbocycles. The lowest BCUT2D eigenvalue weighted by molar-refractivity contribution is 0.0571. The summed E-state index contributed by atoms with van der Waals surface area (Å²) >= 11 is 6.78. The maximum Gasteiger partial charge on any atom is 0.407 e. The van der Waals surface area contributed by atoms with Crippen LogP contribution in [0.4, 0.5) is 19.4 Å². The van der Waals surface area contributed by atoms with E-state index in [4.69, 9.17) is 26.1 Å². The fourth-order valence-electron chi connectivity index (χ4n) is 9.03. The van der Waals surface area contributed by atoms with E-state index < -0.39 is 23.6 Å². The minimum atomic E-state index is -0.897. The molecule has 4 aromatic rings. The zero-order valence-electron chi connectivity index (χ0n) is 25.8. The van der Waals surface area contributed by atoms with Crippen LogP contribution in [0.3, 0.4) is 0 Å². The van der Waals surface area contributed by atoms with Crippen molar-refractivity contribution in [3.63, 3.8) is 0 Å². The van der Waals surface area contributed by atoms with Crippen LogP contribution in [0, 0.1) is 11.2 Å². The maximum absolute atomic E-state index is 17.1. The van der Waals surface area contributed by atoms with Crippen molar-refractivity contribution < 1.29 is 23.0 Å². The molecule has 246 valence electrons. The molecule has 2 atom stereocenters. The molecule has 7 aliphatic rings. The zero-order chi connectivity index (χ0) is 31.9. The number of piperidine rings is 1. The molecule has 1 amide bonds. The Bertz CT molecular complexity index is 1920. The van der Waals surface area contributed by atoms with E-state index in [0.717, 1.165) is 51.6 Å². The van der Waals surface area contributed by atoms with Crippen molar-refractivity contribution in [2.45, 2.75) is 69.1 Å². The summed E-state index contributed by atoms with van der Waals surface area (Å²) in [7, 11) is 0. The molecule has 0 radical (unpaired) electrons. The Morgan fingerprint density at radius 3 is 2.89 bits per heavy atom. The average Bonchev–Trinajstić information content (AvgIpc) is 3.73. The first-order chi connectivity index (χ1) is 22.8. The standard InChI is InChI=1S/C33H35ClF2N8O3/c34-23-9-24-21(14-38-42-24)25-20(23)3-8-46-31(45)39-19-11-32(12-19)4-1-6-43(16-32)29-22-13-37-28(25)26(36)27(22)40-30(41-29)47-17-33-5-2-7-44(33)15-18(35)10-33/h9,13-14,18-19H,1-8,10-12,15-17H2,(H,38,42)(H,39,45)/t18-,19?,32?,33+/m1/s1. The number of aromatic amines is 1. The number of benzene rings is 1. The Morgan fingerprint density at radius 1 is 1.13 bits per heavy atom. The largest absolute Gasteiger partial charge is 0.461 e. The molecule has 7 bridgehead atoms. The fraction of sp³-hybridized carbons (Fsp3) is 0.545. The van der Waals surface area contributed by atoms with Crippen molar-refractivity contribution in [1.29, 1.82) is 0 Å². The number of H-pyrrole nitrogens is 1. The SMILES string of the molecule is O=C1NC2CC3(CCCN(C3)c3nc(OC[C@@]45CCCN4C[C@H](F)C5)nc4c(F)c(ncc34)-c3c(c(Cl)cc4[nH]ncc34)CCO1)C2. The number of halogens is 3. The number of hydrogen-bond acceptors (Lipinski definition) is 9. The van der Waals surface area contributed by atoms with E-state index in [-0.39, 0.29) is 48.3 Å². The summed E-state index contributed by atoms with van der Waals surface area (Å²) in [6.07, 6.45) is 7.92. The van der Waals surface area contributed by atoms with Gasteiger partial charge in [-0.2, -0.15) is 15.1 Å². The molecule has 47 heavy (non-hydrogen) atoms. The highest BCUT2D eigenvalue weighted by Crippen LogP contribution is 2.49. The molecular formula is C33H35ClF2N8O3. The number of fused-ring (bicyclic) bond motifs is 2. The Morgan fingerprint density at radius 2 is 2.00 bits per heavy atom. The first kappa shape index (κ1) is 29.3. The predicted octanol–water partition coefficient (Wildman–Crippen LogP) is 5.35. The van der Waals surface area contributed by atoms with Crippen LogP contribution in [0.15, 0.2) is 18.5 Å². The second-order valence-corrected chi connectivity index (χ2v) is 14.5. The van der Waals surface area contributed by atoms with Gasteiger partial charge in [0.15, 0.2) is 5.82 Å². The lowest BCUT2D eigenvalue weighted by Gasteiger charge is -2.53. The third-order valence-electron chi connectivity index (χ3n) is 11.1. The number of hydrogen-bond donors (Lipinski definition) is 2. The fourth-order valence-corrected chi connectivity index (χ4v) is 9.33. The lowest BCUT2D eigenvalue weighted by Crippen LogP contribution is -2.57. The maximum atomic E-state index is 17.1. The third kappa shape index (κ3) is 4.79. The summed E-state index contributed by atoms with van der Waals surface area (Å²) in [4.78, 5) is 31.4. The van der Waals surface area contributed by atoms with Gasteiger partial charge in [0.25, 0.3) is 0 Å². The van der Waals surface area contributed by atoms with Crippen LogP contribution in [0.2, 0.25) is 5.02 Å². The molecule has 2 N–H and O–H groups in total. The number of aromatic nitrogens is 5. The van der Waals surface area contributed by atoms with Gasteiger partial charge in [-0.15, -0.1) is 0 Å². The quantitative estimate of drug-likeness (QED) is 0.299. The van der Waals surface area contributed by atoms with Crippen LogP contribution in [0.1, 0.15) is 50.5 Å². The van der Waals surface area contributed by atoms with Crippen LogP contribution in [-0.4, -0.2) is 93.3 Å². The van der Waals surface area contributed by atoms with E-state index in [1.807, 2.05) is 0 Å². The summed E-state index contributed by atoms with van der Waals surface area (Å²) in [5.41, 5.74) is 1.39. The monoisotopic (exact) mass is 664 g/mol. The van der Waals surface area contributed by atoms with Gasteiger partial charge in [-0.05, 0) is 62.1 Å². The molecular weight excluding hydrogens is 630 g/mol. The molecule has 14 heteroatoms. The number of amides is 1. The van der Waals surface area contributed by atoms with Gasteiger partial charge in [0.05, 0.1) is 29.2 Å². The third-order valence-corrected chi connectivity index (χ3v) is 11.5. The van der Waals surface area contributed by atoms with Gasteiger partial charge in [-0.3, -0.25) is 15.0 Å². The zero-order valence-corrected chi connectivity index (χ0v) is 26.6. The number of alkyl halides is 1. The Hall–Kier alpha value is -3.84. The van der Waals surface area contributed by atoms with Crippen LogP contribution in [0.25, 0.3) is 33.1 Å². The lowest BCUT2D eigenvalue weighted by atomic mass is 9.61. The van der Waals surface area contributed by atoms with E-state index in [2.05, 4.69) is 35.3 Å². The molecule has 3 aromatic heterocycles. The van der Waals surface area contributed by atoms with E-state index >= 15 is 4.39 Å². The molecule has 11 nitrogen and oxygen atoms in total. The molecule has 1 saturated carbocycles. The molecule has 11 rings (SSSR count). The Kier molecular flexibility index (Phi) is 6.76. The van der Waals surface area contributed by atoms with Crippen molar-refractivity contribution in [3.05, 3.63) is 34.9 Å². The second kappa shape index (κ2) is 10.8. The first-order valence-corrected chi connectivity index (χ1v) is 16.9. The van der Waals surface area contributed by atoms with Gasteiger partial charge in [-0.25, -0.2) is 13.6 Å². The van der Waals surface area contributed by atoms with Gasteiger partial charge >= 0.3 is 12.1 Å². The second-order valence-electron chi connectivity index (χ2n) is 14.1. The average molecular weight is 665 g/mol. The molecule has 6 aliphatic heterocycles. The minimum absolute atomic E-state index is 0.00565. The number of rotatable bonds is 3. The topological polar surface area (TPSA) is 121 Å². The van der Waals surface area contributed by atoms with E-state index in [1.54, 1.807) is 18.5 Å².